The average Bonchev–Trinajstić information content (AvgIpc) is 2.50. The van der Waals surface area contributed by atoms with E-state index in [1.54, 1.807) is 18.2 Å². The zero-order valence-corrected chi connectivity index (χ0v) is 12.9. The lowest BCUT2D eigenvalue weighted by molar-refractivity contribution is -0.129. The Kier molecular flexibility index (Phi) is 4.37. The Hall–Kier alpha value is -1.24. The third kappa shape index (κ3) is 3.33. The van der Waals surface area contributed by atoms with E-state index in [0.717, 1.165) is 32.3 Å². The fourth-order valence-corrected chi connectivity index (χ4v) is 3.70. The predicted octanol–water partition coefficient (Wildman–Crippen LogP) is 4.47. The third-order valence-corrected chi connectivity index (χ3v) is 4.86. The first-order chi connectivity index (χ1) is 10.2. The number of nitrogens with zero attached hydrogens (tertiary/aromatic N) is 1. The highest BCUT2D eigenvalue weighted by molar-refractivity contribution is 6.32. The molecular weight excluding hydrogens is 286 g/mol. The first-order valence-corrected chi connectivity index (χ1v) is 8.09. The second-order valence-corrected chi connectivity index (χ2v) is 6.49. The minimum Gasteiger partial charge on any atom is -0.489 e. The minimum atomic E-state index is 0.0280. The van der Waals surface area contributed by atoms with Gasteiger partial charge in [-0.3, -0.25) is 0 Å². The maximum absolute atomic E-state index is 8.87. The first kappa shape index (κ1) is 14.7. The van der Waals surface area contributed by atoms with Crippen LogP contribution in [-0.4, -0.2) is 18.3 Å². The molecule has 1 saturated carbocycles. The molecule has 1 spiro atoms. The lowest BCUT2D eigenvalue weighted by atomic mass is 9.79. The van der Waals surface area contributed by atoms with E-state index in [4.69, 9.17) is 26.3 Å². The minimum absolute atomic E-state index is 0.0280. The topological polar surface area (TPSA) is 42.2 Å². The first-order valence-electron chi connectivity index (χ1n) is 7.71. The van der Waals surface area contributed by atoms with E-state index in [1.807, 2.05) is 0 Å². The van der Waals surface area contributed by atoms with Gasteiger partial charge in [-0.15, -0.1) is 0 Å². The Balaban J connectivity index is 1.68. The summed E-state index contributed by atoms with van der Waals surface area (Å²) in [6, 6.07) is 7.29. The summed E-state index contributed by atoms with van der Waals surface area (Å²) in [7, 11) is 0. The van der Waals surface area contributed by atoms with Crippen molar-refractivity contribution in [3.63, 3.8) is 0 Å². The SMILES string of the molecule is N#Cc1ccc(OC2CCOC3(CCCCC3)C2)c(Cl)c1. The number of halogens is 1. The number of ether oxygens (including phenoxy) is 2. The van der Waals surface area contributed by atoms with Crippen molar-refractivity contribution in [3.05, 3.63) is 28.8 Å². The van der Waals surface area contributed by atoms with Crippen LogP contribution in [0.5, 0.6) is 5.75 Å². The van der Waals surface area contributed by atoms with Crippen molar-refractivity contribution in [2.75, 3.05) is 6.61 Å². The van der Waals surface area contributed by atoms with E-state index in [2.05, 4.69) is 6.07 Å². The van der Waals surface area contributed by atoms with Gasteiger partial charge in [-0.2, -0.15) is 5.26 Å². The van der Waals surface area contributed by atoms with Crippen LogP contribution in [-0.2, 0) is 4.74 Å². The van der Waals surface area contributed by atoms with Gasteiger partial charge in [-0.25, -0.2) is 0 Å². The Labute approximate surface area is 130 Å². The van der Waals surface area contributed by atoms with Crippen molar-refractivity contribution < 1.29 is 9.47 Å². The van der Waals surface area contributed by atoms with Crippen molar-refractivity contribution in [1.82, 2.24) is 0 Å². The molecule has 2 fully saturated rings. The Morgan fingerprint density at radius 2 is 2.10 bits per heavy atom. The second-order valence-electron chi connectivity index (χ2n) is 6.08. The smallest absolute Gasteiger partial charge is 0.138 e. The van der Waals surface area contributed by atoms with Gasteiger partial charge < -0.3 is 9.47 Å². The Morgan fingerprint density at radius 1 is 1.29 bits per heavy atom. The van der Waals surface area contributed by atoms with E-state index in [-0.39, 0.29) is 11.7 Å². The molecule has 1 saturated heterocycles. The van der Waals surface area contributed by atoms with E-state index >= 15 is 0 Å². The monoisotopic (exact) mass is 305 g/mol. The summed E-state index contributed by atoms with van der Waals surface area (Å²) in [6.07, 6.45) is 8.12. The molecule has 0 N–H and O–H groups in total. The molecule has 0 amide bonds. The van der Waals surface area contributed by atoms with Crippen molar-refractivity contribution in [2.45, 2.75) is 56.7 Å². The molecule has 0 aromatic heterocycles. The van der Waals surface area contributed by atoms with Crippen LogP contribution in [0.4, 0.5) is 0 Å². The maximum Gasteiger partial charge on any atom is 0.138 e. The van der Waals surface area contributed by atoms with Gasteiger partial charge in [0.05, 0.1) is 28.9 Å². The van der Waals surface area contributed by atoms with Crippen LogP contribution >= 0.6 is 11.6 Å². The van der Waals surface area contributed by atoms with Crippen LogP contribution < -0.4 is 4.74 Å². The standard InChI is InChI=1S/C17H20ClNO2/c18-15-10-13(12-19)4-5-16(15)21-14-6-9-20-17(11-14)7-2-1-3-8-17/h4-5,10,14H,1-3,6-9,11H2. The Bertz CT molecular complexity index is 541. The quantitative estimate of drug-likeness (QED) is 0.809. The van der Waals surface area contributed by atoms with Gasteiger partial charge in [-0.1, -0.05) is 30.9 Å². The molecule has 1 aliphatic carbocycles. The van der Waals surface area contributed by atoms with Crippen LogP contribution in [0.15, 0.2) is 18.2 Å². The van der Waals surface area contributed by atoms with Crippen LogP contribution in [0.25, 0.3) is 0 Å². The molecule has 1 unspecified atom stereocenters. The van der Waals surface area contributed by atoms with Gasteiger partial charge in [0.1, 0.15) is 11.9 Å². The van der Waals surface area contributed by atoms with Crippen LogP contribution in [0.1, 0.15) is 50.5 Å². The molecule has 2 aliphatic rings. The van der Waals surface area contributed by atoms with Crippen molar-refractivity contribution in [1.29, 1.82) is 5.26 Å². The van der Waals surface area contributed by atoms with Crippen LogP contribution in [0.2, 0.25) is 5.02 Å². The second kappa shape index (κ2) is 6.25. The van der Waals surface area contributed by atoms with E-state index in [0.29, 0.717) is 16.3 Å². The van der Waals surface area contributed by atoms with Crippen LogP contribution in [0, 0.1) is 11.3 Å². The van der Waals surface area contributed by atoms with Gasteiger partial charge in [-0.05, 0) is 31.0 Å². The summed E-state index contributed by atoms with van der Waals surface area (Å²) < 4.78 is 12.2. The van der Waals surface area contributed by atoms with Gasteiger partial charge >= 0.3 is 0 Å². The van der Waals surface area contributed by atoms with Gasteiger partial charge in [0.2, 0.25) is 0 Å². The van der Waals surface area contributed by atoms with E-state index in [9.17, 15) is 0 Å². The van der Waals surface area contributed by atoms with Crippen LogP contribution in [0.3, 0.4) is 0 Å². The molecule has 3 nitrogen and oxygen atoms in total. The zero-order valence-electron chi connectivity index (χ0n) is 12.1. The molecule has 112 valence electrons. The number of nitriles is 1. The molecule has 0 radical (unpaired) electrons. The molecule has 1 atom stereocenters. The molecular formula is C17H20ClNO2. The molecule has 3 rings (SSSR count). The molecule has 21 heavy (non-hydrogen) atoms. The molecule has 1 aromatic carbocycles. The summed E-state index contributed by atoms with van der Waals surface area (Å²) in [5.41, 5.74) is 0.586. The van der Waals surface area contributed by atoms with Gasteiger partial charge in [0.15, 0.2) is 0 Å². The highest BCUT2D eigenvalue weighted by Crippen LogP contribution is 2.40. The summed E-state index contributed by atoms with van der Waals surface area (Å²) in [6.45, 7) is 0.762. The molecule has 1 aliphatic heterocycles. The summed E-state index contributed by atoms with van der Waals surface area (Å²) >= 11 is 6.20. The van der Waals surface area contributed by atoms with Crippen molar-refractivity contribution in [2.24, 2.45) is 0 Å². The number of benzene rings is 1. The number of hydrogen-bond donors (Lipinski definition) is 0. The summed E-state index contributed by atoms with van der Waals surface area (Å²) in [5, 5.41) is 9.39. The normalized spacial score (nSPS) is 24.5. The molecule has 1 heterocycles. The largest absolute Gasteiger partial charge is 0.489 e. The molecule has 0 bridgehead atoms. The molecule has 4 heteroatoms. The summed E-state index contributed by atoms with van der Waals surface area (Å²) in [4.78, 5) is 0. The van der Waals surface area contributed by atoms with Crippen molar-refractivity contribution in [3.8, 4) is 11.8 Å². The lowest BCUT2D eigenvalue weighted by Gasteiger charge is -2.43. The highest BCUT2D eigenvalue weighted by Gasteiger charge is 2.39. The summed E-state index contributed by atoms with van der Waals surface area (Å²) in [5.74, 6) is 0.675. The van der Waals surface area contributed by atoms with E-state index in [1.165, 1.54) is 19.3 Å². The predicted molar refractivity (Wildman–Crippen MR) is 81.6 cm³/mol. The number of rotatable bonds is 2. The third-order valence-electron chi connectivity index (χ3n) is 4.57. The fraction of sp³-hybridized carbons (Fsp3) is 0.588. The van der Waals surface area contributed by atoms with Gasteiger partial charge in [0.25, 0.3) is 0 Å². The maximum atomic E-state index is 8.87. The van der Waals surface area contributed by atoms with Crippen molar-refractivity contribution >= 4 is 11.6 Å². The fourth-order valence-electron chi connectivity index (χ4n) is 3.47. The van der Waals surface area contributed by atoms with Gasteiger partial charge in [0, 0.05) is 12.8 Å². The highest BCUT2D eigenvalue weighted by atomic mass is 35.5. The molecule has 1 aromatic rings. The lowest BCUT2D eigenvalue weighted by Crippen LogP contribution is -2.45. The van der Waals surface area contributed by atoms with E-state index < -0.39 is 0 Å². The Morgan fingerprint density at radius 3 is 2.81 bits per heavy atom. The average molecular weight is 306 g/mol. The zero-order chi connectivity index (χ0) is 14.7. The number of hydrogen-bond acceptors (Lipinski definition) is 3.